The Kier molecular flexibility index (Phi) is 10.0. The molecule has 12 heavy (non-hydrogen) atoms. The van der Waals surface area contributed by atoms with Gasteiger partial charge in [0.1, 0.15) is 0 Å². The summed E-state index contributed by atoms with van der Waals surface area (Å²) in [5.41, 5.74) is 0. The van der Waals surface area contributed by atoms with Crippen LogP contribution in [0.25, 0.3) is 0 Å². The van der Waals surface area contributed by atoms with Crippen LogP contribution in [0.1, 0.15) is 0 Å². The molecule has 1 rings (SSSR count). The van der Waals surface area contributed by atoms with Crippen molar-refractivity contribution < 1.29 is 24.2 Å². The van der Waals surface area contributed by atoms with Gasteiger partial charge in [-0.2, -0.15) is 0 Å². The fourth-order valence-electron chi connectivity index (χ4n) is 0.227. The van der Waals surface area contributed by atoms with Gasteiger partial charge in [-0.3, -0.25) is 0 Å². The number of carboxylic acid groups (broad SMARTS) is 2. The van der Waals surface area contributed by atoms with Crippen molar-refractivity contribution in [1.29, 1.82) is 0 Å². The number of hydrogen-bond donors (Lipinski definition) is 2. The van der Waals surface area contributed by atoms with Gasteiger partial charge in [-0.1, -0.05) is 0 Å². The minimum absolute atomic E-state index is 0. The van der Waals surface area contributed by atoms with Gasteiger partial charge in [0.15, 0.2) is 0 Å². The number of furan rings is 1. The summed E-state index contributed by atoms with van der Waals surface area (Å²) < 4.78 is 4.58. The third-order valence-corrected chi connectivity index (χ3v) is 0.608. The Morgan fingerprint density at radius 3 is 1.42 bits per heavy atom. The normalized spacial score (nSPS) is 7.00. The molecule has 0 bridgehead atoms. The molecule has 0 aliphatic rings. The van der Waals surface area contributed by atoms with Gasteiger partial charge in [-0.25, -0.2) is 9.59 Å². The van der Waals surface area contributed by atoms with Crippen LogP contribution in [0.2, 0.25) is 0 Å². The average Bonchev–Trinajstić information content (AvgIpc) is 2.41. The van der Waals surface area contributed by atoms with Crippen molar-refractivity contribution in [3.63, 3.8) is 0 Å². The minimum Gasteiger partial charge on any atom is -0.473 e. The maximum Gasteiger partial charge on any atom is 0.0902 e. The largest absolute Gasteiger partial charge is 0.473 e. The van der Waals surface area contributed by atoms with Crippen LogP contribution in [-0.4, -0.2) is 59.9 Å². The first kappa shape index (κ1) is 14.0. The van der Waals surface area contributed by atoms with Crippen molar-refractivity contribution in [2.45, 2.75) is 0 Å². The van der Waals surface area contributed by atoms with Crippen LogP contribution in [0.15, 0.2) is 29.1 Å². The third kappa shape index (κ3) is 9.48. The molecule has 2 N–H and O–H groups in total. The maximum atomic E-state index is 9.10. The van der Waals surface area contributed by atoms with E-state index in [1.807, 2.05) is 12.1 Å². The molecule has 0 saturated carbocycles. The van der Waals surface area contributed by atoms with Gasteiger partial charge in [0.25, 0.3) is 0 Å². The van der Waals surface area contributed by atoms with Crippen molar-refractivity contribution in [2.75, 3.05) is 0 Å². The van der Waals surface area contributed by atoms with Crippen LogP contribution >= 0.6 is 0 Å². The summed E-state index contributed by atoms with van der Waals surface area (Å²) in [6.45, 7) is 0. The minimum atomic E-state index is -1.82. The number of carbonyl (C=O) groups is 2. The molecule has 6 heteroatoms. The fourth-order valence-corrected chi connectivity index (χ4v) is 0.227. The summed E-state index contributed by atoms with van der Waals surface area (Å²) in [6.07, 6.45) is 3.25. The van der Waals surface area contributed by atoms with E-state index in [9.17, 15) is 0 Å². The standard InChI is InChI=1S/C4H4O.C2H2O4.Ca.2H/c1-2-4-5-3-1;3-1(4)2(5)6;;;/h1-4H;(H,3,4)(H,5,6);;;. The first-order chi connectivity index (χ1) is 5.14. The molecule has 0 atom stereocenters. The van der Waals surface area contributed by atoms with Crippen molar-refractivity contribution in [3.05, 3.63) is 24.7 Å². The van der Waals surface area contributed by atoms with Gasteiger partial charge in [0.2, 0.25) is 0 Å². The summed E-state index contributed by atoms with van der Waals surface area (Å²) in [7, 11) is 0. The molecule has 0 amide bonds. The first-order valence-corrected chi connectivity index (χ1v) is 2.58. The van der Waals surface area contributed by atoms with E-state index in [0.717, 1.165) is 0 Å². The van der Waals surface area contributed by atoms with E-state index in [4.69, 9.17) is 19.8 Å². The van der Waals surface area contributed by atoms with Crippen LogP contribution in [0, 0.1) is 0 Å². The molecule has 1 heterocycles. The van der Waals surface area contributed by atoms with Gasteiger partial charge in [-0.05, 0) is 12.1 Å². The smallest absolute Gasteiger partial charge is 0.0902 e. The van der Waals surface area contributed by atoms with E-state index in [-0.39, 0.29) is 37.7 Å². The Morgan fingerprint density at radius 2 is 1.33 bits per heavy atom. The molecule has 0 fully saturated rings. The zero-order chi connectivity index (χ0) is 8.69. The summed E-state index contributed by atoms with van der Waals surface area (Å²) in [5, 5.41) is 14.8. The van der Waals surface area contributed by atoms with E-state index in [1.165, 1.54) is 0 Å². The van der Waals surface area contributed by atoms with E-state index >= 15 is 0 Å². The Bertz CT molecular complexity index is 189. The molecule has 1 aromatic heterocycles. The van der Waals surface area contributed by atoms with Gasteiger partial charge in [0, 0.05) is 0 Å². The second kappa shape index (κ2) is 8.58. The second-order valence-electron chi connectivity index (χ2n) is 1.40. The van der Waals surface area contributed by atoms with Crippen molar-refractivity contribution in [3.8, 4) is 0 Å². The van der Waals surface area contributed by atoms with Gasteiger partial charge in [0.05, 0.1) is 12.5 Å². The molecular formula is C6H8CaO5. The molecule has 1 aromatic rings. The van der Waals surface area contributed by atoms with Crippen molar-refractivity contribution >= 4 is 49.7 Å². The number of aliphatic carboxylic acids is 2. The van der Waals surface area contributed by atoms with Crippen molar-refractivity contribution in [2.24, 2.45) is 0 Å². The molecular weight excluding hydrogens is 192 g/mol. The average molecular weight is 200 g/mol. The Labute approximate surface area is 98.0 Å². The van der Waals surface area contributed by atoms with Crippen LogP contribution in [-0.2, 0) is 9.59 Å². The Balaban J connectivity index is 0. The number of hydrogen-bond acceptors (Lipinski definition) is 3. The molecule has 0 spiro atoms. The summed E-state index contributed by atoms with van der Waals surface area (Å²) >= 11 is 0. The molecule has 0 radical (unpaired) electrons. The quantitative estimate of drug-likeness (QED) is 0.436. The summed E-state index contributed by atoms with van der Waals surface area (Å²) in [5.74, 6) is -3.65. The molecule has 0 aliphatic carbocycles. The fraction of sp³-hybridized carbons (Fsp3) is 0. The number of rotatable bonds is 0. The van der Waals surface area contributed by atoms with Gasteiger partial charge in [-0.15, -0.1) is 0 Å². The zero-order valence-corrected chi connectivity index (χ0v) is 5.43. The van der Waals surface area contributed by atoms with Gasteiger partial charge >= 0.3 is 49.7 Å². The molecule has 0 aliphatic heterocycles. The molecule has 0 unspecified atom stereocenters. The van der Waals surface area contributed by atoms with Gasteiger partial charge < -0.3 is 14.6 Å². The zero-order valence-electron chi connectivity index (χ0n) is 5.43. The molecule has 0 aromatic carbocycles. The second-order valence-corrected chi connectivity index (χ2v) is 1.40. The van der Waals surface area contributed by atoms with E-state index < -0.39 is 11.9 Å². The van der Waals surface area contributed by atoms with Crippen LogP contribution in [0.5, 0.6) is 0 Å². The Hall–Kier alpha value is -0.520. The predicted molar refractivity (Wildman–Crippen MR) is 42.5 cm³/mol. The summed E-state index contributed by atoms with van der Waals surface area (Å²) in [4.78, 5) is 18.2. The number of carboxylic acids is 2. The maximum absolute atomic E-state index is 9.10. The first-order valence-electron chi connectivity index (χ1n) is 2.58. The molecule has 64 valence electrons. The van der Waals surface area contributed by atoms with Crippen LogP contribution in [0.3, 0.4) is 0 Å². The van der Waals surface area contributed by atoms with Crippen LogP contribution < -0.4 is 0 Å². The monoisotopic (exact) mass is 200 g/mol. The molecule has 0 saturated heterocycles. The third-order valence-electron chi connectivity index (χ3n) is 0.608. The predicted octanol–water partition coefficient (Wildman–Crippen LogP) is -0.481. The molecule has 5 nitrogen and oxygen atoms in total. The topological polar surface area (TPSA) is 87.7 Å². The van der Waals surface area contributed by atoms with E-state index in [2.05, 4.69) is 4.42 Å². The Morgan fingerprint density at radius 1 is 1.00 bits per heavy atom. The van der Waals surface area contributed by atoms with E-state index in [0.29, 0.717) is 0 Å². The van der Waals surface area contributed by atoms with Crippen molar-refractivity contribution in [1.82, 2.24) is 0 Å². The van der Waals surface area contributed by atoms with Crippen LogP contribution in [0.4, 0.5) is 0 Å². The van der Waals surface area contributed by atoms with E-state index in [1.54, 1.807) is 12.5 Å². The SMILES string of the molecule is O=C(O)C(=O)O.[CaH2].c1ccoc1. The summed E-state index contributed by atoms with van der Waals surface area (Å²) in [6, 6.07) is 3.67.